The third-order valence-electron chi connectivity index (χ3n) is 3.62. The average Bonchev–Trinajstić information content (AvgIpc) is 2.87. The van der Waals surface area contributed by atoms with Crippen LogP contribution in [0.5, 0.6) is 5.75 Å². The van der Waals surface area contributed by atoms with Gasteiger partial charge in [0.2, 0.25) is 5.91 Å². The highest BCUT2D eigenvalue weighted by molar-refractivity contribution is 5.94. The van der Waals surface area contributed by atoms with Crippen LogP contribution in [0.25, 0.3) is 0 Å². The molecule has 1 atom stereocenters. The molecule has 0 saturated carbocycles. The molecule has 1 aromatic carbocycles. The Morgan fingerprint density at radius 2 is 2.24 bits per heavy atom. The molecule has 2 N–H and O–H groups in total. The van der Waals surface area contributed by atoms with E-state index in [2.05, 4.69) is 5.32 Å². The molecule has 21 heavy (non-hydrogen) atoms. The zero-order chi connectivity index (χ0) is 15.4. The lowest BCUT2D eigenvalue weighted by Gasteiger charge is -2.20. The van der Waals surface area contributed by atoms with Gasteiger partial charge in [-0.1, -0.05) is 6.07 Å². The van der Waals surface area contributed by atoms with Crippen molar-refractivity contribution in [2.24, 2.45) is 0 Å². The first kappa shape index (κ1) is 15.3. The molecule has 1 saturated heterocycles. The van der Waals surface area contributed by atoms with E-state index < -0.39 is 12.0 Å². The van der Waals surface area contributed by atoms with Gasteiger partial charge in [0.25, 0.3) is 0 Å². The number of methoxy groups -OCH3 is 1. The molecular weight excluding hydrogens is 272 g/mol. The van der Waals surface area contributed by atoms with Crippen LogP contribution in [0, 0.1) is 6.92 Å². The number of ether oxygens (including phenoxy) is 1. The van der Waals surface area contributed by atoms with Crippen LogP contribution in [0.4, 0.5) is 5.69 Å². The van der Waals surface area contributed by atoms with Gasteiger partial charge in [0.05, 0.1) is 19.3 Å². The Kier molecular flexibility index (Phi) is 4.80. The van der Waals surface area contributed by atoms with Crippen molar-refractivity contribution in [1.29, 1.82) is 0 Å². The highest BCUT2D eigenvalue weighted by Gasteiger charge is 2.31. The zero-order valence-corrected chi connectivity index (χ0v) is 12.3. The van der Waals surface area contributed by atoms with Gasteiger partial charge >= 0.3 is 5.97 Å². The minimum atomic E-state index is -0.867. The van der Waals surface area contributed by atoms with Gasteiger partial charge in [-0.2, -0.15) is 0 Å². The van der Waals surface area contributed by atoms with Crippen LogP contribution in [-0.4, -0.2) is 48.1 Å². The molecule has 114 valence electrons. The first-order chi connectivity index (χ1) is 10.0. The lowest BCUT2D eigenvalue weighted by molar-refractivity contribution is -0.142. The van der Waals surface area contributed by atoms with Gasteiger partial charge in [-0.25, -0.2) is 0 Å². The Balaban J connectivity index is 2.02. The van der Waals surface area contributed by atoms with Crippen molar-refractivity contribution in [2.45, 2.75) is 25.8 Å². The number of carboxylic acids is 1. The van der Waals surface area contributed by atoms with Gasteiger partial charge in [0.1, 0.15) is 11.8 Å². The predicted molar refractivity (Wildman–Crippen MR) is 78.6 cm³/mol. The van der Waals surface area contributed by atoms with Crippen LogP contribution in [0.2, 0.25) is 0 Å². The number of carbonyl (C=O) groups is 2. The number of anilines is 1. The minimum absolute atomic E-state index is 0.0774. The number of nitrogens with zero attached hydrogens (tertiary/aromatic N) is 1. The SMILES string of the molecule is COc1ccc(C)cc1NC(=O)CN1CCCC1C(=O)O. The lowest BCUT2D eigenvalue weighted by atomic mass is 10.2. The van der Waals surface area contributed by atoms with E-state index in [1.165, 1.54) is 0 Å². The summed E-state index contributed by atoms with van der Waals surface area (Å²) in [6.07, 6.45) is 1.40. The van der Waals surface area contributed by atoms with E-state index in [4.69, 9.17) is 9.84 Å². The normalized spacial score (nSPS) is 18.5. The lowest BCUT2D eigenvalue weighted by Crippen LogP contribution is -2.40. The monoisotopic (exact) mass is 292 g/mol. The third kappa shape index (κ3) is 3.72. The third-order valence-corrected chi connectivity index (χ3v) is 3.62. The van der Waals surface area contributed by atoms with E-state index >= 15 is 0 Å². The van der Waals surface area contributed by atoms with Gasteiger partial charge < -0.3 is 15.2 Å². The van der Waals surface area contributed by atoms with Crippen molar-refractivity contribution < 1.29 is 19.4 Å². The summed E-state index contributed by atoms with van der Waals surface area (Å²) in [4.78, 5) is 24.9. The van der Waals surface area contributed by atoms with Gasteiger partial charge in [0.15, 0.2) is 0 Å². The Morgan fingerprint density at radius 3 is 2.90 bits per heavy atom. The van der Waals surface area contributed by atoms with E-state index in [0.29, 0.717) is 24.4 Å². The Bertz CT molecular complexity index is 544. The van der Waals surface area contributed by atoms with Gasteiger partial charge in [-0.05, 0) is 44.0 Å². The molecule has 0 spiro atoms. The first-order valence-electron chi connectivity index (χ1n) is 6.92. The predicted octanol–water partition coefficient (Wildman–Crippen LogP) is 1.49. The summed E-state index contributed by atoms with van der Waals surface area (Å²) < 4.78 is 5.21. The summed E-state index contributed by atoms with van der Waals surface area (Å²) in [6.45, 7) is 2.64. The molecule has 0 aliphatic carbocycles. The molecule has 1 fully saturated rings. The number of hydrogen-bond acceptors (Lipinski definition) is 4. The molecular formula is C15H20N2O4. The fourth-order valence-corrected chi connectivity index (χ4v) is 2.59. The number of rotatable bonds is 5. The number of benzene rings is 1. The van der Waals surface area contributed by atoms with E-state index in [-0.39, 0.29) is 12.5 Å². The summed E-state index contributed by atoms with van der Waals surface area (Å²) >= 11 is 0. The maximum absolute atomic E-state index is 12.1. The zero-order valence-electron chi connectivity index (χ0n) is 12.3. The summed E-state index contributed by atoms with van der Waals surface area (Å²) in [5.41, 5.74) is 1.62. The number of amides is 1. The molecule has 1 aliphatic rings. The largest absolute Gasteiger partial charge is 0.495 e. The van der Waals surface area contributed by atoms with Crippen LogP contribution < -0.4 is 10.1 Å². The van der Waals surface area contributed by atoms with Gasteiger partial charge in [0, 0.05) is 0 Å². The summed E-state index contributed by atoms with van der Waals surface area (Å²) in [6, 6.07) is 4.96. The van der Waals surface area contributed by atoms with E-state index in [0.717, 1.165) is 12.0 Å². The number of aliphatic carboxylic acids is 1. The first-order valence-corrected chi connectivity index (χ1v) is 6.92. The molecule has 0 bridgehead atoms. The highest BCUT2D eigenvalue weighted by atomic mass is 16.5. The van der Waals surface area contributed by atoms with Crippen molar-refractivity contribution in [3.63, 3.8) is 0 Å². The molecule has 6 heteroatoms. The van der Waals surface area contributed by atoms with Crippen LogP contribution >= 0.6 is 0 Å². The number of carbonyl (C=O) groups excluding carboxylic acids is 1. The van der Waals surface area contributed by atoms with Crippen LogP contribution in [-0.2, 0) is 9.59 Å². The van der Waals surface area contributed by atoms with Gasteiger partial charge in [-0.15, -0.1) is 0 Å². The molecule has 2 rings (SSSR count). The van der Waals surface area contributed by atoms with Crippen molar-refractivity contribution >= 4 is 17.6 Å². The minimum Gasteiger partial charge on any atom is -0.495 e. The van der Waals surface area contributed by atoms with Crippen LogP contribution in [0.3, 0.4) is 0 Å². The fourth-order valence-electron chi connectivity index (χ4n) is 2.59. The fraction of sp³-hybridized carbons (Fsp3) is 0.467. The average molecular weight is 292 g/mol. The molecule has 1 aliphatic heterocycles. The molecule has 1 heterocycles. The molecule has 0 aromatic heterocycles. The Hall–Kier alpha value is -2.08. The van der Waals surface area contributed by atoms with Crippen LogP contribution in [0.1, 0.15) is 18.4 Å². The quantitative estimate of drug-likeness (QED) is 0.859. The summed E-state index contributed by atoms with van der Waals surface area (Å²) in [7, 11) is 1.54. The standard InChI is InChI=1S/C15H20N2O4/c1-10-5-6-13(21-2)11(8-10)16-14(18)9-17-7-3-4-12(17)15(19)20/h5-6,8,12H,3-4,7,9H2,1-2H3,(H,16,18)(H,19,20). The van der Waals surface area contributed by atoms with Crippen LogP contribution in [0.15, 0.2) is 18.2 Å². The summed E-state index contributed by atoms with van der Waals surface area (Å²) in [5.74, 6) is -0.509. The summed E-state index contributed by atoms with van der Waals surface area (Å²) in [5, 5.41) is 11.9. The highest BCUT2D eigenvalue weighted by Crippen LogP contribution is 2.25. The number of carboxylic acid groups (broad SMARTS) is 1. The molecule has 1 amide bonds. The maximum Gasteiger partial charge on any atom is 0.320 e. The van der Waals surface area contributed by atoms with Crippen molar-refractivity contribution in [3.8, 4) is 5.75 Å². The second-order valence-corrected chi connectivity index (χ2v) is 5.22. The number of hydrogen-bond donors (Lipinski definition) is 2. The number of aryl methyl sites for hydroxylation is 1. The van der Waals surface area contributed by atoms with Crippen molar-refractivity contribution in [2.75, 3.05) is 25.5 Å². The van der Waals surface area contributed by atoms with Crippen molar-refractivity contribution in [3.05, 3.63) is 23.8 Å². The maximum atomic E-state index is 12.1. The molecule has 6 nitrogen and oxygen atoms in total. The topological polar surface area (TPSA) is 78.9 Å². The second kappa shape index (κ2) is 6.58. The van der Waals surface area contributed by atoms with E-state index in [1.807, 2.05) is 19.1 Å². The van der Waals surface area contributed by atoms with E-state index in [9.17, 15) is 9.59 Å². The van der Waals surface area contributed by atoms with E-state index in [1.54, 1.807) is 18.1 Å². The van der Waals surface area contributed by atoms with Gasteiger partial charge in [-0.3, -0.25) is 14.5 Å². The van der Waals surface area contributed by atoms with Crippen molar-refractivity contribution in [1.82, 2.24) is 4.90 Å². The number of likely N-dealkylation sites (tertiary alicyclic amines) is 1. The smallest absolute Gasteiger partial charge is 0.320 e. The molecule has 1 unspecified atom stereocenters. The molecule has 0 radical (unpaired) electrons. The molecule has 1 aromatic rings. The second-order valence-electron chi connectivity index (χ2n) is 5.22. The Labute approximate surface area is 123 Å². The number of nitrogens with one attached hydrogen (secondary N) is 1. The Morgan fingerprint density at radius 1 is 1.48 bits per heavy atom.